The fraction of sp³-hybridized carbons (Fsp3) is 0.320. The van der Waals surface area contributed by atoms with Crippen molar-refractivity contribution in [1.82, 2.24) is 19.2 Å². The van der Waals surface area contributed by atoms with Crippen LogP contribution in [0, 0.1) is 0 Å². The zero-order chi connectivity index (χ0) is 24.9. The molecule has 2 aromatic carbocycles. The third kappa shape index (κ3) is 4.24. The Labute approximate surface area is 215 Å². The topological polar surface area (TPSA) is 67.7 Å². The van der Waals surface area contributed by atoms with Crippen LogP contribution in [0.1, 0.15) is 39.0 Å². The fourth-order valence-corrected chi connectivity index (χ4v) is 7.32. The number of ether oxygens (including phenoxy) is 1. The molecule has 3 aromatic rings. The van der Waals surface area contributed by atoms with Gasteiger partial charge in [-0.05, 0) is 49.0 Å². The molecule has 0 saturated carbocycles. The molecule has 35 heavy (non-hydrogen) atoms. The normalized spacial score (nSPS) is 18.2. The standard InChI is InChI=1S/C25H26Cl2N4O3Si/c1-15-12-22-19(14-29(15)24(32)16-4-9-20(26)21(27)13-16)23-25(33)31(11-10-30(23)28-22)35(3)18-7-5-17(34-2)6-8-18/h4-9,13,15,35H,10-12,14H2,1-3H3/t15-,35+/m1/s1. The largest absolute Gasteiger partial charge is 0.497 e. The highest BCUT2D eigenvalue weighted by Crippen LogP contribution is 2.31. The highest BCUT2D eigenvalue weighted by Gasteiger charge is 2.38. The lowest BCUT2D eigenvalue weighted by Crippen LogP contribution is -2.53. The van der Waals surface area contributed by atoms with Crippen LogP contribution in [0.2, 0.25) is 16.6 Å². The van der Waals surface area contributed by atoms with Gasteiger partial charge in [-0.25, -0.2) is 0 Å². The van der Waals surface area contributed by atoms with Gasteiger partial charge in [-0.15, -0.1) is 0 Å². The summed E-state index contributed by atoms with van der Waals surface area (Å²) in [5, 5.41) is 6.69. The fourth-order valence-electron chi connectivity index (χ4n) is 4.94. The van der Waals surface area contributed by atoms with Crippen molar-refractivity contribution in [2.75, 3.05) is 13.7 Å². The van der Waals surface area contributed by atoms with Crippen molar-refractivity contribution >= 4 is 49.2 Å². The predicted octanol–water partition coefficient (Wildman–Crippen LogP) is 3.50. The van der Waals surface area contributed by atoms with Crippen LogP contribution in [-0.2, 0) is 19.5 Å². The van der Waals surface area contributed by atoms with Crippen LogP contribution in [0.25, 0.3) is 0 Å². The molecule has 10 heteroatoms. The van der Waals surface area contributed by atoms with Gasteiger partial charge < -0.3 is 14.2 Å². The van der Waals surface area contributed by atoms with Crippen LogP contribution < -0.4 is 9.92 Å². The number of hydrogen-bond acceptors (Lipinski definition) is 4. The van der Waals surface area contributed by atoms with Gasteiger partial charge in [-0.1, -0.05) is 35.3 Å². The van der Waals surface area contributed by atoms with E-state index < -0.39 is 8.96 Å². The van der Waals surface area contributed by atoms with Gasteiger partial charge in [0.25, 0.3) is 11.8 Å². The van der Waals surface area contributed by atoms with E-state index in [1.54, 1.807) is 30.2 Å². The zero-order valence-electron chi connectivity index (χ0n) is 19.8. The van der Waals surface area contributed by atoms with Gasteiger partial charge in [-0.2, -0.15) is 5.10 Å². The van der Waals surface area contributed by atoms with Crippen LogP contribution in [0.15, 0.2) is 42.5 Å². The first kappa shape index (κ1) is 23.9. The molecule has 0 fully saturated rings. The summed E-state index contributed by atoms with van der Waals surface area (Å²) < 4.78 is 9.12. The first-order chi connectivity index (χ1) is 16.8. The molecule has 7 nitrogen and oxygen atoms in total. The predicted molar refractivity (Wildman–Crippen MR) is 138 cm³/mol. The summed E-state index contributed by atoms with van der Waals surface area (Å²) in [6.07, 6.45) is 0.598. The number of benzene rings is 2. The lowest BCUT2D eigenvalue weighted by Gasteiger charge is -2.35. The summed E-state index contributed by atoms with van der Waals surface area (Å²) in [6, 6.07) is 12.8. The van der Waals surface area contributed by atoms with Gasteiger partial charge in [0.15, 0.2) is 8.96 Å². The highest BCUT2D eigenvalue weighted by atomic mass is 35.5. The number of fused-ring (bicyclic) bond motifs is 3. The molecule has 1 aromatic heterocycles. The van der Waals surface area contributed by atoms with E-state index in [2.05, 4.69) is 6.55 Å². The lowest BCUT2D eigenvalue weighted by molar-refractivity contribution is 0.0652. The van der Waals surface area contributed by atoms with Crippen LogP contribution >= 0.6 is 23.2 Å². The summed E-state index contributed by atoms with van der Waals surface area (Å²) >= 11 is 12.2. The number of amides is 2. The zero-order valence-corrected chi connectivity index (χ0v) is 22.5. The first-order valence-corrected chi connectivity index (χ1v) is 14.6. The van der Waals surface area contributed by atoms with Gasteiger partial charge in [0, 0.05) is 30.1 Å². The number of carbonyl (C=O) groups is 2. The summed E-state index contributed by atoms with van der Waals surface area (Å²) in [5.74, 6) is 0.659. The number of rotatable bonds is 4. The second-order valence-corrected chi connectivity index (χ2v) is 12.5. The van der Waals surface area contributed by atoms with Crippen molar-refractivity contribution in [3.05, 3.63) is 75.0 Å². The molecule has 0 bridgehead atoms. The van der Waals surface area contributed by atoms with Gasteiger partial charge in [0.05, 0.1) is 35.9 Å². The molecule has 0 aliphatic carbocycles. The minimum Gasteiger partial charge on any atom is -0.497 e. The molecule has 0 saturated heterocycles. The minimum atomic E-state index is -1.73. The average molecular weight is 530 g/mol. The Morgan fingerprint density at radius 3 is 2.54 bits per heavy atom. The van der Waals surface area contributed by atoms with Gasteiger partial charge in [0.2, 0.25) is 0 Å². The van der Waals surface area contributed by atoms with Gasteiger partial charge in [0.1, 0.15) is 11.4 Å². The molecule has 0 spiro atoms. The van der Waals surface area contributed by atoms with Crippen LogP contribution in [0.3, 0.4) is 0 Å². The third-order valence-corrected chi connectivity index (χ3v) is 10.5. The van der Waals surface area contributed by atoms with Crippen molar-refractivity contribution < 1.29 is 14.3 Å². The molecule has 2 amide bonds. The van der Waals surface area contributed by atoms with E-state index >= 15 is 0 Å². The van der Waals surface area contributed by atoms with Crippen LogP contribution in [-0.4, -0.2) is 59.7 Å². The lowest BCUT2D eigenvalue weighted by atomic mass is 9.98. The number of hydrogen-bond donors (Lipinski definition) is 0. The van der Waals surface area contributed by atoms with Crippen LogP contribution in [0.5, 0.6) is 5.75 Å². The Balaban J connectivity index is 1.43. The Bertz CT molecular complexity index is 1310. The number of carbonyl (C=O) groups excluding carboxylic acids is 2. The van der Waals surface area contributed by atoms with E-state index in [4.69, 9.17) is 33.0 Å². The highest BCUT2D eigenvalue weighted by molar-refractivity contribution is 6.71. The molecule has 2 aliphatic rings. The van der Waals surface area contributed by atoms with Crippen molar-refractivity contribution in [1.29, 1.82) is 0 Å². The molecule has 5 rings (SSSR count). The SMILES string of the molecule is COc1ccc([Si@H](C)N2CCn3nc4c(c3C2=O)CN(C(=O)c2ccc(Cl)c(Cl)c2)[C@H](C)C4)cc1. The van der Waals surface area contributed by atoms with E-state index in [0.29, 0.717) is 47.4 Å². The smallest absolute Gasteiger partial charge is 0.264 e. The van der Waals surface area contributed by atoms with E-state index in [1.165, 1.54) is 5.19 Å². The Morgan fingerprint density at radius 1 is 1.11 bits per heavy atom. The second kappa shape index (κ2) is 9.33. The summed E-state index contributed by atoms with van der Waals surface area (Å²) in [7, 11) is -0.0880. The number of aromatic nitrogens is 2. The molecule has 0 radical (unpaired) electrons. The van der Waals surface area contributed by atoms with E-state index in [1.807, 2.05) is 40.4 Å². The summed E-state index contributed by atoms with van der Waals surface area (Å²) in [5.41, 5.74) is 2.84. The third-order valence-electron chi connectivity index (χ3n) is 6.99. The molecule has 3 heterocycles. The van der Waals surface area contributed by atoms with E-state index in [9.17, 15) is 9.59 Å². The molecule has 2 aliphatic heterocycles. The first-order valence-electron chi connectivity index (χ1n) is 11.6. The number of nitrogens with zero attached hydrogens (tertiary/aromatic N) is 4. The molecule has 0 unspecified atom stereocenters. The molecular weight excluding hydrogens is 503 g/mol. The minimum absolute atomic E-state index is 0.00326. The Hall–Kier alpha value is -2.81. The molecule has 0 N–H and O–H groups in total. The van der Waals surface area contributed by atoms with Gasteiger partial charge in [-0.3, -0.25) is 14.3 Å². The maximum atomic E-state index is 13.7. The average Bonchev–Trinajstić information content (AvgIpc) is 3.22. The van der Waals surface area contributed by atoms with Crippen molar-refractivity contribution in [3.63, 3.8) is 0 Å². The Kier molecular flexibility index (Phi) is 6.37. The monoisotopic (exact) mass is 528 g/mol. The van der Waals surface area contributed by atoms with E-state index in [-0.39, 0.29) is 17.9 Å². The maximum Gasteiger partial charge on any atom is 0.264 e. The summed E-state index contributed by atoms with van der Waals surface area (Å²) in [4.78, 5) is 28.9. The maximum absolute atomic E-state index is 13.7. The quantitative estimate of drug-likeness (QED) is 0.486. The Morgan fingerprint density at radius 2 is 1.86 bits per heavy atom. The van der Waals surface area contributed by atoms with Crippen LogP contribution in [0.4, 0.5) is 0 Å². The van der Waals surface area contributed by atoms with Crippen molar-refractivity contribution in [3.8, 4) is 5.75 Å². The van der Waals surface area contributed by atoms with E-state index in [0.717, 1.165) is 17.0 Å². The van der Waals surface area contributed by atoms with Crippen molar-refractivity contribution in [2.24, 2.45) is 0 Å². The molecular formula is C25H26Cl2N4O3Si. The van der Waals surface area contributed by atoms with Crippen molar-refractivity contribution in [2.45, 2.75) is 39.0 Å². The molecule has 2 atom stereocenters. The number of halogens is 2. The van der Waals surface area contributed by atoms with Gasteiger partial charge >= 0.3 is 0 Å². The second-order valence-electron chi connectivity index (χ2n) is 9.06. The number of methoxy groups -OCH3 is 1. The summed E-state index contributed by atoms with van der Waals surface area (Å²) in [6.45, 7) is 5.79. The molecule has 182 valence electrons.